The van der Waals surface area contributed by atoms with Crippen LogP contribution in [-0.4, -0.2) is 24.7 Å². The highest BCUT2D eigenvalue weighted by molar-refractivity contribution is 5.81. The number of ether oxygens (including phenoxy) is 1. The molecule has 13 heavy (non-hydrogen) atoms. The highest BCUT2D eigenvalue weighted by Crippen LogP contribution is 2.29. The van der Waals surface area contributed by atoms with Crippen molar-refractivity contribution in [2.24, 2.45) is 5.92 Å². The van der Waals surface area contributed by atoms with Gasteiger partial charge < -0.3 is 10.1 Å². The van der Waals surface area contributed by atoms with Gasteiger partial charge in [-0.05, 0) is 32.6 Å². The number of amides is 1. The summed E-state index contributed by atoms with van der Waals surface area (Å²) in [7, 11) is 0. The molecule has 0 radical (unpaired) electrons. The Morgan fingerprint density at radius 1 is 1.46 bits per heavy atom. The molecule has 1 aliphatic heterocycles. The maximum Gasteiger partial charge on any atom is 0.223 e. The van der Waals surface area contributed by atoms with E-state index in [0.29, 0.717) is 5.92 Å². The van der Waals surface area contributed by atoms with Crippen molar-refractivity contribution < 1.29 is 9.53 Å². The monoisotopic (exact) mass is 183 g/mol. The lowest BCUT2D eigenvalue weighted by Crippen LogP contribution is -2.41. The van der Waals surface area contributed by atoms with Crippen LogP contribution < -0.4 is 5.32 Å². The van der Waals surface area contributed by atoms with E-state index >= 15 is 0 Å². The van der Waals surface area contributed by atoms with Crippen LogP contribution in [0.5, 0.6) is 0 Å². The van der Waals surface area contributed by atoms with Crippen LogP contribution in [0.1, 0.15) is 32.6 Å². The van der Waals surface area contributed by atoms with Gasteiger partial charge in [-0.25, -0.2) is 0 Å². The predicted octanol–water partition coefficient (Wildman–Crippen LogP) is 1.08. The van der Waals surface area contributed by atoms with Crippen molar-refractivity contribution in [2.45, 2.75) is 44.8 Å². The summed E-state index contributed by atoms with van der Waals surface area (Å²) in [6, 6.07) is 0.190. The van der Waals surface area contributed by atoms with E-state index in [1.807, 2.05) is 6.92 Å². The summed E-state index contributed by atoms with van der Waals surface area (Å²) >= 11 is 0. The van der Waals surface area contributed by atoms with Crippen molar-refractivity contribution in [3.05, 3.63) is 0 Å². The first-order valence-electron chi connectivity index (χ1n) is 5.19. The largest absolute Gasteiger partial charge is 0.376 e. The first kappa shape index (κ1) is 9.00. The highest BCUT2D eigenvalue weighted by Gasteiger charge is 2.32. The van der Waals surface area contributed by atoms with Gasteiger partial charge in [0.05, 0.1) is 12.1 Å². The minimum atomic E-state index is 0.190. The summed E-state index contributed by atoms with van der Waals surface area (Å²) in [5.74, 6) is 0.534. The maximum absolute atomic E-state index is 11.4. The van der Waals surface area contributed by atoms with Crippen LogP contribution in [-0.2, 0) is 9.53 Å². The number of carbonyl (C=O) groups excluding carboxylic acids is 1. The van der Waals surface area contributed by atoms with E-state index in [2.05, 4.69) is 5.32 Å². The number of hydrogen-bond donors (Lipinski definition) is 1. The second-order valence-corrected chi connectivity index (χ2v) is 4.12. The van der Waals surface area contributed by atoms with Crippen LogP contribution in [0, 0.1) is 5.92 Å². The fourth-order valence-corrected chi connectivity index (χ4v) is 1.78. The first-order valence-corrected chi connectivity index (χ1v) is 5.19. The van der Waals surface area contributed by atoms with Gasteiger partial charge in [0, 0.05) is 12.5 Å². The van der Waals surface area contributed by atoms with E-state index < -0.39 is 0 Å². The molecule has 2 rings (SSSR count). The summed E-state index contributed by atoms with van der Waals surface area (Å²) in [6.07, 6.45) is 4.62. The predicted molar refractivity (Wildman–Crippen MR) is 49.3 cm³/mol. The Balaban J connectivity index is 1.75. The molecule has 0 unspecified atom stereocenters. The third-order valence-corrected chi connectivity index (χ3v) is 2.84. The molecule has 3 heteroatoms. The molecule has 1 aliphatic carbocycles. The van der Waals surface area contributed by atoms with E-state index in [0.717, 1.165) is 32.3 Å². The molecule has 0 aromatic heterocycles. The first-order chi connectivity index (χ1) is 6.27. The minimum Gasteiger partial charge on any atom is -0.376 e. The van der Waals surface area contributed by atoms with Gasteiger partial charge in [0.25, 0.3) is 0 Å². The van der Waals surface area contributed by atoms with E-state index in [1.165, 1.54) is 0 Å². The van der Waals surface area contributed by atoms with Crippen LogP contribution >= 0.6 is 0 Å². The molecule has 0 bridgehead atoms. The molecule has 2 aliphatic rings. The van der Waals surface area contributed by atoms with Gasteiger partial charge >= 0.3 is 0 Å². The van der Waals surface area contributed by atoms with Crippen molar-refractivity contribution in [2.75, 3.05) is 6.61 Å². The van der Waals surface area contributed by atoms with E-state index in [9.17, 15) is 4.79 Å². The van der Waals surface area contributed by atoms with Crippen LogP contribution in [0.25, 0.3) is 0 Å². The highest BCUT2D eigenvalue weighted by atomic mass is 16.5. The summed E-state index contributed by atoms with van der Waals surface area (Å²) in [5.41, 5.74) is 0. The summed E-state index contributed by atoms with van der Waals surface area (Å²) in [6.45, 7) is 2.89. The average molecular weight is 183 g/mol. The standard InChI is InChI=1S/C10H17NO2/c1-7(9-3-2-6-13-9)11-10(12)8-4-5-8/h7-9H,2-6H2,1H3,(H,11,12)/t7-,9+/m1/s1. The molecule has 74 valence electrons. The van der Waals surface area contributed by atoms with Gasteiger partial charge in [0.15, 0.2) is 0 Å². The van der Waals surface area contributed by atoms with Gasteiger partial charge in [0.2, 0.25) is 5.91 Å². The van der Waals surface area contributed by atoms with E-state index in [4.69, 9.17) is 4.74 Å². The molecule has 1 N–H and O–H groups in total. The molecular formula is C10H17NO2. The molecule has 0 spiro atoms. The Morgan fingerprint density at radius 3 is 2.77 bits per heavy atom. The Hall–Kier alpha value is -0.570. The number of hydrogen-bond acceptors (Lipinski definition) is 2. The van der Waals surface area contributed by atoms with Crippen molar-refractivity contribution in [3.8, 4) is 0 Å². The van der Waals surface area contributed by atoms with Gasteiger partial charge in [0.1, 0.15) is 0 Å². The molecule has 0 aromatic carbocycles. The lowest BCUT2D eigenvalue weighted by molar-refractivity contribution is -0.123. The smallest absolute Gasteiger partial charge is 0.223 e. The van der Waals surface area contributed by atoms with E-state index in [-0.39, 0.29) is 18.1 Å². The van der Waals surface area contributed by atoms with Crippen molar-refractivity contribution in [1.82, 2.24) is 5.32 Å². The van der Waals surface area contributed by atoms with Gasteiger partial charge in [-0.2, -0.15) is 0 Å². The topological polar surface area (TPSA) is 38.3 Å². The van der Waals surface area contributed by atoms with Gasteiger partial charge in [-0.15, -0.1) is 0 Å². The minimum absolute atomic E-state index is 0.190. The zero-order valence-corrected chi connectivity index (χ0v) is 8.08. The second-order valence-electron chi connectivity index (χ2n) is 4.12. The fourth-order valence-electron chi connectivity index (χ4n) is 1.78. The SMILES string of the molecule is C[C@@H](NC(=O)C1CC1)[C@@H]1CCCO1. The Labute approximate surface area is 78.8 Å². The molecule has 2 fully saturated rings. The van der Waals surface area contributed by atoms with Gasteiger partial charge in [-0.3, -0.25) is 4.79 Å². The number of nitrogens with one attached hydrogen (secondary N) is 1. The summed E-state index contributed by atoms with van der Waals surface area (Å²) in [5, 5.41) is 3.02. The average Bonchev–Trinajstić information content (AvgIpc) is 2.81. The van der Waals surface area contributed by atoms with Crippen LogP contribution in [0.4, 0.5) is 0 Å². The summed E-state index contributed by atoms with van der Waals surface area (Å²) < 4.78 is 5.50. The van der Waals surface area contributed by atoms with Crippen LogP contribution in [0.15, 0.2) is 0 Å². The second kappa shape index (κ2) is 3.66. The molecular weight excluding hydrogens is 166 g/mol. The molecule has 1 amide bonds. The van der Waals surface area contributed by atoms with Crippen molar-refractivity contribution in [1.29, 1.82) is 0 Å². The quantitative estimate of drug-likeness (QED) is 0.711. The van der Waals surface area contributed by atoms with Crippen molar-refractivity contribution >= 4 is 5.91 Å². The molecule has 1 saturated carbocycles. The zero-order valence-electron chi connectivity index (χ0n) is 8.08. The molecule has 3 nitrogen and oxygen atoms in total. The normalized spacial score (nSPS) is 30.1. The molecule has 1 heterocycles. The third-order valence-electron chi connectivity index (χ3n) is 2.84. The lowest BCUT2D eigenvalue weighted by atomic mass is 10.1. The van der Waals surface area contributed by atoms with Crippen LogP contribution in [0.3, 0.4) is 0 Å². The Bertz CT molecular complexity index is 195. The Morgan fingerprint density at radius 2 is 2.23 bits per heavy atom. The molecule has 1 saturated heterocycles. The molecule has 0 aromatic rings. The summed E-state index contributed by atoms with van der Waals surface area (Å²) in [4.78, 5) is 11.4. The van der Waals surface area contributed by atoms with Gasteiger partial charge in [-0.1, -0.05) is 0 Å². The maximum atomic E-state index is 11.4. The number of carbonyl (C=O) groups is 1. The fraction of sp³-hybridized carbons (Fsp3) is 0.900. The number of rotatable bonds is 3. The Kier molecular flexibility index (Phi) is 2.54. The van der Waals surface area contributed by atoms with Crippen LogP contribution in [0.2, 0.25) is 0 Å². The van der Waals surface area contributed by atoms with E-state index in [1.54, 1.807) is 0 Å². The molecule has 2 atom stereocenters. The third kappa shape index (κ3) is 2.21. The lowest BCUT2D eigenvalue weighted by Gasteiger charge is -2.19. The van der Waals surface area contributed by atoms with Crippen molar-refractivity contribution in [3.63, 3.8) is 0 Å². The zero-order chi connectivity index (χ0) is 9.26.